The lowest BCUT2D eigenvalue weighted by atomic mass is 10.2. The van der Waals surface area contributed by atoms with Gasteiger partial charge in [0.05, 0.1) is 0 Å². The van der Waals surface area contributed by atoms with Crippen LogP contribution in [-0.4, -0.2) is 28.5 Å². The predicted octanol–water partition coefficient (Wildman–Crippen LogP) is 0.00260. The number of carboxylic acid groups (broad SMARTS) is 1. The Morgan fingerprint density at radius 3 is 2.36 bits per heavy atom. The van der Waals surface area contributed by atoms with Gasteiger partial charge >= 0.3 is 5.97 Å². The molecule has 0 aliphatic heterocycles. The van der Waals surface area contributed by atoms with E-state index in [1.807, 2.05) is 0 Å². The molecule has 5 heteroatoms. The van der Waals surface area contributed by atoms with E-state index in [9.17, 15) is 14.4 Å². The number of alkyl halides is 1. The minimum Gasteiger partial charge on any atom is -0.475 e. The number of Topliss-reactive ketones (excluding diaryl/α,β-unsaturated/α-hetero) is 1. The molecule has 60 valence electrons. The standard InChI is InChI=1S/C6H5ClO4/c7-4(2-1-3-8)5(9)6(10)11/h1-4H,(H,10,11). The molecule has 0 aliphatic rings. The number of ketones is 1. The fourth-order valence-electron chi connectivity index (χ4n) is 0.348. The van der Waals surface area contributed by atoms with Crippen molar-refractivity contribution >= 4 is 29.6 Å². The number of halogens is 1. The maximum absolute atomic E-state index is 10.4. The van der Waals surface area contributed by atoms with Crippen LogP contribution in [-0.2, 0) is 14.4 Å². The highest BCUT2D eigenvalue weighted by Gasteiger charge is 2.19. The van der Waals surface area contributed by atoms with Crippen LogP contribution < -0.4 is 0 Å². The van der Waals surface area contributed by atoms with Crippen molar-refractivity contribution in [1.82, 2.24) is 0 Å². The van der Waals surface area contributed by atoms with Crippen LogP contribution in [0.5, 0.6) is 0 Å². The third kappa shape index (κ3) is 3.52. The van der Waals surface area contributed by atoms with E-state index in [1.54, 1.807) is 0 Å². The van der Waals surface area contributed by atoms with Crippen molar-refractivity contribution < 1.29 is 19.5 Å². The van der Waals surface area contributed by atoms with Crippen LogP contribution in [0.1, 0.15) is 0 Å². The highest BCUT2D eigenvalue weighted by molar-refractivity contribution is 6.48. The summed E-state index contributed by atoms with van der Waals surface area (Å²) in [6.07, 6.45) is 2.38. The summed E-state index contributed by atoms with van der Waals surface area (Å²) in [7, 11) is 0. The molecule has 0 aromatic rings. The average molecular weight is 177 g/mol. The van der Waals surface area contributed by atoms with Gasteiger partial charge in [0.25, 0.3) is 5.78 Å². The van der Waals surface area contributed by atoms with Gasteiger partial charge in [0, 0.05) is 0 Å². The van der Waals surface area contributed by atoms with Crippen molar-refractivity contribution in [1.29, 1.82) is 0 Å². The molecule has 11 heavy (non-hydrogen) atoms. The van der Waals surface area contributed by atoms with Crippen molar-refractivity contribution in [3.8, 4) is 0 Å². The second-order valence-corrected chi connectivity index (χ2v) is 2.06. The average Bonchev–Trinajstić information content (AvgIpc) is 1.98. The van der Waals surface area contributed by atoms with Gasteiger partial charge in [-0.2, -0.15) is 0 Å². The number of carbonyl (C=O) groups is 3. The molecule has 1 N–H and O–H groups in total. The van der Waals surface area contributed by atoms with Gasteiger partial charge in [-0.05, 0) is 6.08 Å². The lowest BCUT2D eigenvalue weighted by Crippen LogP contribution is -2.21. The summed E-state index contributed by atoms with van der Waals surface area (Å²) in [6.45, 7) is 0. The van der Waals surface area contributed by atoms with E-state index in [4.69, 9.17) is 16.7 Å². The van der Waals surface area contributed by atoms with Crippen molar-refractivity contribution in [2.45, 2.75) is 5.38 Å². The SMILES string of the molecule is O=CC=CC(Cl)C(=O)C(=O)O. The minimum absolute atomic E-state index is 0.407. The van der Waals surface area contributed by atoms with Crippen molar-refractivity contribution in [2.24, 2.45) is 0 Å². The first kappa shape index (κ1) is 9.84. The molecule has 0 radical (unpaired) electrons. The molecule has 0 fully saturated rings. The molecule has 0 amide bonds. The Balaban J connectivity index is 4.13. The summed E-state index contributed by atoms with van der Waals surface area (Å²) in [6, 6.07) is 0. The first-order chi connectivity index (χ1) is 5.09. The van der Waals surface area contributed by atoms with Gasteiger partial charge in [0.15, 0.2) is 0 Å². The number of carboxylic acids is 1. The van der Waals surface area contributed by atoms with Gasteiger partial charge in [-0.15, -0.1) is 11.6 Å². The number of hydrogen-bond donors (Lipinski definition) is 1. The summed E-state index contributed by atoms with van der Waals surface area (Å²) in [5.41, 5.74) is 0. The normalized spacial score (nSPS) is 12.8. The van der Waals surface area contributed by atoms with Crippen LogP contribution in [0.25, 0.3) is 0 Å². The quantitative estimate of drug-likeness (QED) is 0.283. The molecular weight excluding hydrogens is 172 g/mol. The highest BCUT2D eigenvalue weighted by atomic mass is 35.5. The lowest BCUT2D eigenvalue weighted by molar-refractivity contribution is -0.148. The Labute approximate surface area is 67.5 Å². The van der Waals surface area contributed by atoms with Crippen LogP contribution in [0.4, 0.5) is 0 Å². The van der Waals surface area contributed by atoms with Crippen molar-refractivity contribution in [2.75, 3.05) is 0 Å². The number of carbonyl (C=O) groups excluding carboxylic acids is 2. The van der Waals surface area contributed by atoms with Gasteiger partial charge < -0.3 is 5.11 Å². The Hall–Kier alpha value is -1.16. The van der Waals surface area contributed by atoms with Gasteiger partial charge in [-0.1, -0.05) is 6.08 Å². The van der Waals surface area contributed by atoms with Crippen molar-refractivity contribution in [3.63, 3.8) is 0 Å². The zero-order valence-corrected chi connectivity index (χ0v) is 6.12. The zero-order chi connectivity index (χ0) is 8.85. The smallest absolute Gasteiger partial charge is 0.374 e. The molecule has 1 atom stereocenters. The van der Waals surface area contributed by atoms with E-state index in [2.05, 4.69) is 0 Å². The van der Waals surface area contributed by atoms with Crippen LogP contribution in [0, 0.1) is 0 Å². The topological polar surface area (TPSA) is 71.4 Å². The van der Waals surface area contributed by atoms with Crippen LogP contribution in [0.15, 0.2) is 12.2 Å². The van der Waals surface area contributed by atoms with E-state index >= 15 is 0 Å². The van der Waals surface area contributed by atoms with Crippen molar-refractivity contribution in [3.05, 3.63) is 12.2 Å². The molecule has 0 bridgehead atoms. The molecule has 0 aliphatic carbocycles. The third-order valence-corrected chi connectivity index (χ3v) is 1.16. The Morgan fingerprint density at radius 2 is 2.00 bits per heavy atom. The van der Waals surface area contributed by atoms with E-state index < -0.39 is 17.1 Å². The Kier molecular flexibility index (Phi) is 4.14. The zero-order valence-electron chi connectivity index (χ0n) is 5.36. The maximum atomic E-state index is 10.4. The summed E-state index contributed by atoms with van der Waals surface area (Å²) >= 11 is 5.23. The predicted molar refractivity (Wildman–Crippen MR) is 37.5 cm³/mol. The molecule has 0 spiro atoms. The summed E-state index contributed by atoms with van der Waals surface area (Å²) in [4.78, 5) is 30.1. The largest absolute Gasteiger partial charge is 0.475 e. The maximum Gasteiger partial charge on any atom is 0.374 e. The highest BCUT2D eigenvalue weighted by Crippen LogP contribution is 1.98. The fourth-order valence-corrected chi connectivity index (χ4v) is 0.526. The molecule has 0 saturated carbocycles. The second-order valence-electron chi connectivity index (χ2n) is 1.59. The monoisotopic (exact) mass is 176 g/mol. The van der Waals surface area contributed by atoms with Gasteiger partial charge in [0.1, 0.15) is 11.7 Å². The summed E-state index contributed by atoms with van der Waals surface area (Å²) in [5, 5.41) is 6.83. The number of aliphatic carboxylic acids is 1. The molecule has 0 aromatic heterocycles. The van der Waals surface area contributed by atoms with Crippen LogP contribution >= 0.6 is 11.6 Å². The Bertz CT molecular complexity index is 209. The fraction of sp³-hybridized carbons (Fsp3) is 0.167. The minimum atomic E-state index is -1.61. The third-order valence-electron chi connectivity index (χ3n) is 0.820. The molecule has 1 unspecified atom stereocenters. The van der Waals surface area contributed by atoms with E-state index in [0.29, 0.717) is 6.29 Å². The van der Waals surface area contributed by atoms with E-state index in [0.717, 1.165) is 12.2 Å². The van der Waals surface area contributed by atoms with Gasteiger partial charge in [-0.3, -0.25) is 9.59 Å². The van der Waals surface area contributed by atoms with Crippen LogP contribution in [0.3, 0.4) is 0 Å². The molecule has 0 aromatic carbocycles. The molecule has 0 rings (SSSR count). The van der Waals surface area contributed by atoms with Gasteiger partial charge in [-0.25, -0.2) is 4.79 Å². The summed E-state index contributed by atoms with van der Waals surface area (Å²) in [5.74, 6) is -2.76. The molecule has 0 saturated heterocycles. The van der Waals surface area contributed by atoms with Crippen LogP contribution in [0.2, 0.25) is 0 Å². The molecular formula is C6H5ClO4. The van der Waals surface area contributed by atoms with E-state index in [1.165, 1.54) is 0 Å². The first-order valence-electron chi connectivity index (χ1n) is 2.62. The molecule has 0 heterocycles. The number of allylic oxidation sites excluding steroid dienone is 2. The molecule has 4 nitrogen and oxygen atoms in total. The Morgan fingerprint density at radius 1 is 1.45 bits per heavy atom. The second kappa shape index (κ2) is 4.62. The van der Waals surface area contributed by atoms with Gasteiger partial charge in [0.2, 0.25) is 0 Å². The number of aldehydes is 1. The lowest BCUT2D eigenvalue weighted by Gasteiger charge is -1.94. The summed E-state index contributed by atoms with van der Waals surface area (Å²) < 4.78 is 0. The first-order valence-corrected chi connectivity index (χ1v) is 3.06. The number of hydrogen-bond acceptors (Lipinski definition) is 3. The number of rotatable bonds is 4. The van der Waals surface area contributed by atoms with E-state index in [-0.39, 0.29) is 0 Å².